The zero-order chi connectivity index (χ0) is 17.2. The molecule has 3 rings (SSSR count). The summed E-state index contributed by atoms with van der Waals surface area (Å²) in [5.41, 5.74) is 0. The van der Waals surface area contributed by atoms with E-state index in [0.717, 1.165) is 4.88 Å². The third-order valence-corrected chi connectivity index (χ3v) is 6.73. The Balaban J connectivity index is 1.65. The van der Waals surface area contributed by atoms with Crippen molar-refractivity contribution in [1.29, 1.82) is 0 Å². The second-order valence-corrected chi connectivity index (χ2v) is 8.98. The smallest absolute Gasteiger partial charge is 0.274 e. The van der Waals surface area contributed by atoms with Crippen LogP contribution in [-0.4, -0.2) is 42.6 Å². The molecule has 2 aromatic rings. The van der Waals surface area contributed by atoms with E-state index in [1.54, 1.807) is 23.0 Å². The van der Waals surface area contributed by atoms with Gasteiger partial charge >= 0.3 is 0 Å². The van der Waals surface area contributed by atoms with Gasteiger partial charge in [0, 0.05) is 24.3 Å². The highest BCUT2D eigenvalue weighted by Crippen LogP contribution is 2.20. The minimum Gasteiger partial charge on any atom is -0.381 e. The Morgan fingerprint density at radius 2 is 2.17 bits per heavy atom. The van der Waals surface area contributed by atoms with E-state index >= 15 is 0 Å². The largest absolute Gasteiger partial charge is 0.381 e. The summed E-state index contributed by atoms with van der Waals surface area (Å²) in [5.74, 6) is -0.601. The summed E-state index contributed by atoms with van der Waals surface area (Å²) >= 11 is 7.04. The zero-order valence-corrected chi connectivity index (χ0v) is 15.0. The normalized spacial score (nSPS) is 16.2. The fourth-order valence-electron chi connectivity index (χ4n) is 2.42. The number of hydrogen-bond acceptors (Lipinski definition) is 6. The summed E-state index contributed by atoms with van der Waals surface area (Å²) in [6.07, 6.45) is 4.01. The van der Waals surface area contributed by atoms with Crippen molar-refractivity contribution in [3.63, 3.8) is 0 Å². The van der Waals surface area contributed by atoms with Gasteiger partial charge < -0.3 is 4.74 Å². The van der Waals surface area contributed by atoms with Gasteiger partial charge in [0.2, 0.25) is 10.0 Å². The van der Waals surface area contributed by atoms with E-state index in [2.05, 4.69) is 9.82 Å². The molecule has 0 atom stereocenters. The topological polar surface area (TPSA) is 90.3 Å². The summed E-state index contributed by atoms with van der Waals surface area (Å²) < 4.78 is 33.5. The Morgan fingerprint density at radius 3 is 2.83 bits per heavy atom. The number of nitrogens with one attached hydrogen (secondary N) is 1. The van der Waals surface area contributed by atoms with Crippen LogP contribution in [0.25, 0.3) is 0 Å². The lowest BCUT2D eigenvalue weighted by atomic mass is 10.2. The molecule has 0 bridgehead atoms. The molecule has 1 fully saturated rings. The maximum absolute atomic E-state index is 12.3. The molecule has 10 heteroatoms. The Bertz CT molecular complexity index is 825. The Kier molecular flexibility index (Phi) is 5.24. The highest BCUT2D eigenvalue weighted by atomic mass is 35.5. The van der Waals surface area contributed by atoms with E-state index in [1.165, 1.54) is 17.5 Å². The van der Waals surface area contributed by atoms with Crippen LogP contribution in [0.2, 0.25) is 5.02 Å². The van der Waals surface area contributed by atoms with E-state index in [0.29, 0.717) is 42.5 Å². The molecule has 1 aliphatic rings. The predicted molar refractivity (Wildman–Crippen MR) is 90.9 cm³/mol. The van der Waals surface area contributed by atoms with Crippen LogP contribution in [0.4, 0.5) is 0 Å². The first-order chi connectivity index (χ1) is 11.4. The molecule has 1 N–H and O–H groups in total. The SMILES string of the molecule is O=C(NS(=O)(=O)C1CCOCC1)c1ccc(Cn2cc(Cl)cn2)s1. The minimum absolute atomic E-state index is 0.346. The van der Waals surface area contributed by atoms with Crippen LogP contribution in [0.1, 0.15) is 27.4 Å². The van der Waals surface area contributed by atoms with Gasteiger partial charge in [-0.05, 0) is 25.0 Å². The monoisotopic (exact) mass is 389 g/mol. The lowest BCUT2D eigenvalue weighted by Gasteiger charge is -2.22. The number of sulfonamides is 1. The lowest BCUT2D eigenvalue weighted by Crippen LogP contribution is -2.40. The molecule has 1 saturated heterocycles. The van der Waals surface area contributed by atoms with Crippen molar-refractivity contribution in [3.05, 3.63) is 39.3 Å². The molecule has 0 unspecified atom stereocenters. The average molecular weight is 390 g/mol. The molecule has 0 spiro atoms. The molecule has 0 aromatic carbocycles. The van der Waals surface area contributed by atoms with E-state index in [-0.39, 0.29) is 0 Å². The Hall–Kier alpha value is -1.42. The molecule has 0 saturated carbocycles. The van der Waals surface area contributed by atoms with Crippen molar-refractivity contribution in [2.75, 3.05) is 13.2 Å². The van der Waals surface area contributed by atoms with Gasteiger partial charge in [0.25, 0.3) is 5.91 Å². The van der Waals surface area contributed by atoms with E-state index < -0.39 is 21.2 Å². The first kappa shape index (κ1) is 17.4. The second kappa shape index (κ2) is 7.22. The first-order valence-electron chi connectivity index (χ1n) is 7.34. The Labute approximate surface area is 148 Å². The van der Waals surface area contributed by atoms with Crippen LogP contribution >= 0.6 is 22.9 Å². The van der Waals surface area contributed by atoms with Gasteiger partial charge in [-0.3, -0.25) is 9.48 Å². The van der Waals surface area contributed by atoms with Crippen LogP contribution in [0.15, 0.2) is 24.5 Å². The molecule has 1 aliphatic heterocycles. The highest BCUT2D eigenvalue weighted by Gasteiger charge is 2.29. The van der Waals surface area contributed by atoms with E-state index in [9.17, 15) is 13.2 Å². The molecular weight excluding hydrogens is 374 g/mol. The predicted octanol–water partition coefficient (Wildman–Crippen LogP) is 1.88. The molecule has 24 heavy (non-hydrogen) atoms. The van der Waals surface area contributed by atoms with Gasteiger partial charge in [-0.25, -0.2) is 13.1 Å². The van der Waals surface area contributed by atoms with Gasteiger partial charge in [0.15, 0.2) is 0 Å². The third-order valence-electron chi connectivity index (χ3n) is 3.65. The number of halogens is 1. The highest BCUT2D eigenvalue weighted by molar-refractivity contribution is 7.90. The molecule has 0 aliphatic carbocycles. The van der Waals surface area contributed by atoms with Crippen molar-refractivity contribution < 1.29 is 17.9 Å². The number of rotatable bonds is 5. The van der Waals surface area contributed by atoms with Crippen LogP contribution in [0.3, 0.4) is 0 Å². The molecule has 130 valence electrons. The molecule has 1 amide bonds. The first-order valence-corrected chi connectivity index (χ1v) is 10.1. The lowest BCUT2D eigenvalue weighted by molar-refractivity contribution is 0.0952. The fourth-order valence-corrected chi connectivity index (χ4v) is 4.88. The number of carbonyl (C=O) groups is 1. The van der Waals surface area contributed by atoms with Gasteiger partial charge in [-0.15, -0.1) is 11.3 Å². The number of nitrogens with zero attached hydrogens (tertiary/aromatic N) is 2. The average Bonchev–Trinajstić information content (AvgIpc) is 3.17. The van der Waals surface area contributed by atoms with Crippen molar-refractivity contribution in [2.45, 2.75) is 24.6 Å². The van der Waals surface area contributed by atoms with E-state index in [1.807, 2.05) is 0 Å². The third kappa shape index (κ3) is 4.15. The standard InChI is InChI=1S/C14H16ClN3O4S2/c15-10-7-16-18(8-10)9-11-1-2-13(23-11)14(19)17-24(20,21)12-3-5-22-6-4-12/h1-2,7-8,12H,3-6,9H2,(H,17,19). The number of hydrogen-bond donors (Lipinski definition) is 1. The van der Waals surface area contributed by atoms with Gasteiger partial charge in [0.1, 0.15) is 0 Å². The summed E-state index contributed by atoms with van der Waals surface area (Å²) in [4.78, 5) is 13.4. The summed E-state index contributed by atoms with van der Waals surface area (Å²) in [6, 6.07) is 3.39. The molecule has 2 aromatic heterocycles. The molecular formula is C14H16ClN3O4S2. The quantitative estimate of drug-likeness (QED) is 0.843. The Morgan fingerprint density at radius 1 is 1.42 bits per heavy atom. The van der Waals surface area contributed by atoms with Crippen LogP contribution in [-0.2, 0) is 21.3 Å². The molecule has 0 radical (unpaired) electrons. The maximum Gasteiger partial charge on any atom is 0.274 e. The van der Waals surface area contributed by atoms with Gasteiger partial charge in [0.05, 0.1) is 27.9 Å². The van der Waals surface area contributed by atoms with Crippen LogP contribution < -0.4 is 4.72 Å². The van der Waals surface area contributed by atoms with Crippen LogP contribution in [0.5, 0.6) is 0 Å². The van der Waals surface area contributed by atoms with E-state index in [4.69, 9.17) is 16.3 Å². The van der Waals surface area contributed by atoms with Crippen molar-refractivity contribution in [2.24, 2.45) is 0 Å². The summed E-state index contributed by atoms with van der Waals surface area (Å²) in [5, 5.41) is 4.02. The number of amides is 1. The van der Waals surface area contributed by atoms with Crippen molar-refractivity contribution in [3.8, 4) is 0 Å². The van der Waals surface area contributed by atoms with Gasteiger partial charge in [-0.1, -0.05) is 11.6 Å². The number of ether oxygens (including phenoxy) is 1. The van der Waals surface area contributed by atoms with Gasteiger partial charge in [-0.2, -0.15) is 5.10 Å². The maximum atomic E-state index is 12.3. The fraction of sp³-hybridized carbons (Fsp3) is 0.429. The number of aromatic nitrogens is 2. The second-order valence-electron chi connectivity index (χ2n) is 5.41. The molecule has 7 nitrogen and oxygen atoms in total. The minimum atomic E-state index is -3.68. The zero-order valence-electron chi connectivity index (χ0n) is 12.6. The molecule has 3 heterocycles. The number of carbonyl (C=O) groups excluding carboxylic acids is 1. The van der Waals surface area contributed by atoms with Crippen molar-refractivity contribution >= 4 is 38.9 Å². The summed E-state index contributed by atoms with van der Waals surface area (Å²) in [6.45, 7) is 1.27. The van der Waals surface area contributed by atoms with Crippen molar-refractivity contribution in [1.82, 2.24) is 14.5 Å². The number of thiophene rings is 1. The van der Waals surface area contributed by atoms with Crippen LogP contribution in [0, 0.1) is 0 Å². The summed E-state index contributed by atoms with van der Waals surface area (Å²) in [7, 11) is -3.68.